The number of carbonyl (C=O) groups is 2. The third kappa shape index (κ3) is 2.77. The number of H-pyrrole nitrogens is 1. The van der Waals surface area contributed by atoms with Gasteiger partial charge in [0.25, 0.3) is 0 Å². The Hall–Kier alpha value is -1.85. The van der Waals surface area contributed by atoms with Crippen molar-refractivity contribution in [3.05, 3.63) is 17.5 Å². The number of carboxylic acids is 1. The number of nitrogens with zero attached hydrogens (tertiary/aromatic N) is 2. The zero-order valence-electron chi connectivity index (χ0n) is 11.4. The second-order valence-electron chi connectivity index (χ2n) is 6.00. The topological polar surface area (TPSA) is 86.3 Å². The van der Waals surface area contributed by atoms with E-state index in [1.807, 2.05) is 25.7 Å². The van der Waals surface area contributed by atoms with Crippen molar-refractivity contribution in [1.29, 1.82) is 0 Å². The van der Waals surface area contributed by atoms with Gasteiger partial charge < -0.3 is 10.0 Å². The van der Waals surface area contributed by atoms with Gasteiger partial charge in [0.1, 0.15) is 0 Å². The maximum Gasteiger partial charge on any atom is 0.356 e. The standard InChI is InChI=1S/C13H19N3O3/c1-13(2,3)12(19)16-5-4-8(7-16)9-6-10(11(17)18)15-14-9/h6,8H,4-5,7H2,1-3H3,(H,14,15)(H,17,18). The summed E-state index contributed by atoms with van der Waals surface area (Å²) < 4.78 is 0. The Morgan fingerprint density at radius 1 is 1.47 bits per heavy atom. The van der Waals surface area contributed by atoms with Crippen molar-refractivity contribution in [1.82, 2.24) is 15.1 Å². The summed E-state index contributed by atoms with van der Waals surface area (Å²) in [5.41, 5.74) is 0.437. The fourth-order valence-electron chi connectivity index (χ4n) is 2.33. The number of hydrogen-bond acceptors (Lipinski definition) is 3. The lowest BCUT2D eigenvalue weighted by Gasteiger charge is -2.25. The third-order valence-electron chi connectivity index (χ3n) is 3.37. The quantitative estimate of drug-likeness (QED) is 0.847. The van der Waals surface area contributed by atoms with Gasteiger partial charge in [-0.15, -0.1) is 0 Å². The Kier molecular flexibility index (Phi) is 3.34. The highest BCUT2D eigenvalue weighted by molar-refractivity contribution is 5.85. The molecule has 6 heteroatoms. The van der Waals surface area contributed by atoms with Gasteiger partial charge in [0, 0.05) is 30.1 Å². The smallest absolute Gasteiger partial charge is 0.356 e. The van der Waals surface area contributed by atoms with Crippen LogP contribution < -0.4 is 0 Å². The number of rotatable bonds is 2. The molecule has 1 atom stereocenters. The van der Waals surface area contributed by atoms with Crippen LogP contribution in [-0.4, -0.2) is 45.2 Å². The molecule has 1 aliphatic heterocycles. The molecular formula is C13H19N3O3. The number of aromatic amines is 1. The number of aromatic carboxylic acids is 1. The molecule has 2 heterocycles. The van der Waals surface area contributed by atoms with E-state index in [0.717, 1.165) is 12.1 Å². The zero-order chi connectivity index (χ0) is 14.2. The Balaban J connectivity index is 2.05. The molecule has 2 rings (SSSR count). The molecule has 1 aromatic rings. The molecule has 0 spiro atoms. The average molecular weight is 265 g/mol. The highest BCUT2D eigenvalue weighted by Crippen LogP contribution is 2.29. The lowest BCUT2D eigenvalue weighted by atomic mass is 9.95. The number of hydrogen-bond donors (Lipinski definition) is 2. The van der Waals surface area contributed by atoms with Gasteiger partial charge in [-0.1, -0.05) is 20.8 Å². The van der Waals surface area contributed by atoms with Crippen molar-refractivity contribution in [2.24, 2.45) is 5.41 Å². The molecule has 0 aromatic carbocycles. The fourth-order valence-corrected chi connectivity index (χ4v) is 2.33. The first-order valence-corrected chi connectivity index (χ1v) is 6.37. The van der Waals surface area contributed by atoms with E-state index in [0.29, 0.717) is 13.1 Å². The number of carboxylic acid groups (broad SMARTS) is 1. The molecule has 1 saturated heterocycles. The molecule has 1 amide bonds. The summed E-state index contributed by atoms with van der Waals surface area (Å²) in [4.78, 5) is 24.8. The summed E-state index contributed by atoms with van der Waals surface area (Å²) >= 11 is 0. The van der Waals surface area contributed by atoms with Crippen LogP contribution in [0.1, 0.15) is 49.3 Å². The molecule has 1 aliphatic rings. The summed E-state index contributed by atoms with van der Waals surface area (Å²) in [6.07, 6.45) is 0.836. The number of amides is 1. The lowest BCUT2D eigenvalue weighted by Crippen LogP contribution is -2.37. The number of likely N-dealkylation sites (tertiary alicyclic amines) is 1. The summed E-state index contributed by atoms with van der Waals surface area (Å²) in [5, 5.41) is 15.4. The highest BCUT2D eigenvalue weighted by Gasteiger charge is 2.34. The zero-order valence-corrected chi connectivity index (χ0v) is 11.4. The van der Waals surface area contributed by atoms with Crippen LogP contribution in [0.2, 0.25) is 0 Å². The first kappa shape index (κ1) is 13.6. The summed E-state index contributed by atoms with van der Waals surface area (Å²) in [5.74, 6) is -0.761. The third-order valence-corrected chi connectivity index (χ3v) is 3.37. The molecule has 104 valence electrons. The normalized spacial score (nSPS) is 19.7. The second kappa shape index (κ2) is 4.68. The van der Waals surface area contributed by atoms with Crippen LogP contribution in [0.5, 0.6) is 0 Å². The predicted octanol–water partition coefficient (Wildman–Crippen LogP) is 1.47. The minimum atomic E-state index is -1.04. The summed E-state index contributed by atoms with van der Waals surface area (Å²) in [6, 6.07) is 1.55. The van der Waals surface area contributed by atoms with Gasteiger partial charge in [0.05, 0.1) is 0 Å². The number of aromatic nitrogens is 2. The molecule has 1 fully saturated rings. The SMILES string of the molecule is CC(C)(C)C(=O)N1CCC(c2cc(C(=O)O)n[nH]2)C1. The first-order chi connectivity index (χ1) is 8.79. The average Bonchev–Trinajstić information content (AvgIpc) is 2.95. The highest BCUT2D eigenvalue weighted by atomic mass is 16.4. The summed E-state index contributed by atoms with van der Waals surface area (Å²) in [6.45, 7) is 7.05. The van der Waals surface area contributed by atoms with Crippen LogP contribution in [0, 0.1) is 5.41 Å². The van der Waals surface area contributed by atoms with Gasteiger partial charge in [-0.05, 0) is 12.5 Å². The number of carbonyl (C=O) groups excluding carboxylic acids is 1. The van der Waals surface area contributed by atoms with Crippen molar-refractivity contribution >= 4 is 11.9 Å². The molecule has 1 aromatic heterocycles. The van der Waals surface area contributed by atoms with Crippen LogP contribution in [0.3, 0.4) is 0 Å². The largest absolute Gasteiger partial charge is 0.476 e. The van der Waals surface area contributed by atoms with Crippen molar-refractivity contribution < 1.29 is 14.7 Å². The van der Waals surface area contributed by atoms with Crippen molar-refractivity contribution in [3.8, 4) is 0 Å². The molecule has 0 bridgehead atoms. The Bertz CT molecular complexity index is 501. The maximum absolute atomic E-state index is 12.2. The second-order valence-corrected chi connectivity index (χ2v) is 6.00. The van der Waals surface area contributed by atoms with Crippen LogP contribution in [-0.2, 0) is 4.79 Å². The fraction of sp³-hybridized carbons (Fsp3) is 0.615. The Labute approximate surface area is 111 Å². The van der Waals surface area contributed by atoms with E-state index < -0.39 is 5.97 Å². The molecule has 0 saturated carbocycles. The monoisotopic (exact) mass is 265 g/mol. The van der Waals surface area contributed by atoms with Crippen molar-refractivity contribution in [2.45, 2.75) is 33.1 Å². The minimum Gasteiger partial charge on any atom is -0.476 e. The van der Waals surface area contributed by atoms with E-state index in [-0.39, 0.29) is 22.9 Å². The van der Waals surface area contributed by atoms with Crippen LogP contribution in [0.4, 0.5) is 0 Å². The van der Waals surface area contributed by atoms with Crippen LogP contribution >= 0.6 is 0 Å². The first-order valence-electron chi connectivity index (χ1n) is 6.37. The lowest BCUT2D eigenvalue weighted by molar-refractivity contribution is -0.138. The molecule has 19 heavy (non-hydrogen) atoms. The molecule has 1 unspecified atom stereocenters. The van der Waals surface area contributed by atoms with Gasteiger partial charge >= 0.3 is 5.97 Å². The molecule has 2 N–H and O–H groups in total. The summed E-state index contributed by atoms with van der Waals surface area (Å²) in [7, 11) is 0. The van der Waals surface area contributed by atoms with E-state index in [2.05, 4.69) is 10.2 Å². The maximum atomic E-state index is 12.2. The van der Waals surface area contributed by atoms with E-state index >= 15 is 0 Å². The number of nitrogens with one attached hydrogen (secondary N) is 1. The molecule has 0 aliphatic carbocycles. The van der Waals surface area contributed by atoms with Crippen molar-refractivity contribution in [2.75, 3.05) is 13.1 Å². The van der Waals surface area contributed by atoms with Crippen LogP contribution in [0.15, 0.2) is 6.07 Å². The van der Waals surface area contributed by atoms with Crippen molar-refractivity contribution in [3.63, 3.8) is 0 Å². The van der Waals surface area contributed by atoms with Gasteiger partial charge in [0.2, 0.25) is 5.91 Å². The minimum absolute atomic E-state index is 0.0237. The van der Waals surface area contributed by atoms with E-state index in [9.17, 15) is 9.59 Å². The van der Waals surface area contributed by atoms with Gasteiger partial charge in [0.15, 0.2) is 5.69 Å². The van der Waals surface area contributed by atoms with Gasteiger partial charge in [-0.3, -0.25) is 9.89 Å². The Morgan fingerprint density at radius 2 is 2.16 bits per heavy atom. The molecule has 6 nitrogen and oxygen atoms in total. The van der Waals surface area contributed by atoms with E-state index in [1.165, 1.54) is 0 Å². The van der Waals surface area contributed by atoms with Gasteiger partial charge in [-0.25, -0.2) is 4.79 Å². The predicted molar refractivity (Wildman–Crippen MR) is 68.9 cm³/mol. The van der Waals surface area contributed by atoms with E-state index in [1.54, 1.807) is 6.07 Å². The van der Waals surface area contributed by atoms with Crippen LogP contribution in [0.25, 0.3) is 0 Å². The molecular weight excluding hydrogens is 246 g/mol. The van der Waals surface area contributed by atoms with Gasteiger partial charge in [-0.2, -0.15) is 5.10 Å². The Morgan fingerprint density at radius 3 is 2.68 bits per heavy atom. The van der Waals surface area contributed by atoms with E-state index in [4.69, 9.17) is 5.11 Å². The molecule has 0 radical (unpaired) electrons.